The second kappa shape index (κ2) is 9.21. The van der Waals surface area contributed by atoms with Crippen LogP contribution in [0.5, 0.6) is 0 Å². The van der Waals surface area contributed by atoms with E-state index in [0.717, 1.165) is 12.0 Å². The normalized spacial score (nSPS) is 11.7. The molecular weight excluding hydrogens is 399 g/mol. The second-order valence-electron chi connectivity index (χ2n) is 5.54. The van der Waals surface area contributed by atoms with Crippen LogP contribution in [-0.2, 0) is 16.0 Å². The maximum Gasteiger partial charge on any atom is 0.359 e. The van der Waals surface area contributed by atoms with E-state index in [9.17, 15) is 9.59 Å². The number of hydrogen-bond donors (Lipinski definition) is 1. The molecule has 0 aliphatic carbocycles. The SMILES string of the molecule is CCc1ccc([C@H](C)NC(=O)COC(=O)c2ncc(Cl)c(Cl)c2Cl)cc1. The number of hydrogen-bond acceptors (Lipinski definition) is 4. The monoisotopic (exact) mass is 414 g/mol. The summed E-state index contributed by atoms with van der Waals surface area (Å²) >= 11 is 17.5. The first-order valence-corrected chi connectivity index (χ1v) is 9.01. The van der Waals surface area contributed by atoms with Crippen molar-refractivity contribution < 1.29 is 14.3 Å². The molecule has 2 aromatic rings. The zero-order chi connectivity index (χ0) is 19.3. The fraction of sp³-hybridized carbons (Fsp3) is 0.278. The van der Waals surface area contributed by atoms with Crippen molar-refractivity contribution >= 4 is 46.7 Å². The van der Waals surface area contributed by atoms with Crippen LogP contribution in [0.2, 0.25) is 15.1 Å². The molecule has 1 N–H and O–H groups in total. The number of esters is 1. The average Bonchev–Trinajstić information content (AvgIpc) is 2.64. The Bertz CT molecular complexity index is 810. The topological polar surface area (TPSA) is 68.3 Å². The largest absolute Gasteiger partial charge is 0.451 e. The van der Waals surface area contributed by atoms with E-state index in [0.29, 0.717) is 0 Å². The lowest BCUT2D eigenvalue weighted by Gasteiger charge is -2.15. The molecule has 1 aromatic heterocycles. The van der Waals surface area contributed by atoms with Crippen LogP contribution in [0.1, 0.15) is 41.5 Å². The molecule has 0 saturated heterocycles. The minimum atomic E-state index is -0.858. The van der Waals surface area contributed by atoms with E-state index >= 15 is 0 Å². The summed E-state index contributed by atoms with van der Waals surface area (Å²) < 4.78 is 4.94. The van der Waals surface area contributed by atoms with Crippen molar-refractivity contribution in [3.63, 3.8) is 0 Å². The van der Waals surface area contributed by atoms with Gasteiger partial charge in [0.25, 0.3) is 5.91 Å². The summed E-state index contributed by atoms with van der Waals surface area (Å²) in [5, 5.41) is 2.77. The van der Waals surface area contributed by atoms with Gasteiger partial charge >= 0.3 is 5.97 Å². The van der Waals surface area contributed by atoms with Gasteiger partial charge in [0, 0.05) is 6.20 Å². The van der Waals surface area contributed by atoms with Gasteiger partial charge in [0.15, 0.2) is 12.3 Å². The first-order valence-electron chi connectivity index (χ1n) is 7.88. The van der Waals surface area contributed by atoms with E-state index in [1.165, 1.54) is 11.8 Å². The van der Waals surface area contributed by atoms with Gasteiger partial charge in [0.05, 0.1) is 21.1 Å². The number of rotatable bonds is 6. The highest BCUT2D eigenvalue weighted by atomic mass is 35.5. The molecule has 1 heterocycles. The number of carbonyl (C=O) groups excluding carboxylic acids is 2. The van der Waals surface area contributed by atoms with E-state index in [-0.39, 0.29) is 26.8 Å². The number of nitrogens with zero attached hydrogens (tertiary/aromatic N) is 1. The maximum absolute atomic E-state index is 12.0. The van der Waals surface area contributed by atoms with Crippen LogP contribution in [0.25, 0.3) is 0 Å². The lowest BCUT2D eigenvalue weighted by Crippen LogP contribution is -2.31. The van der Waals surface area contributed by atoms with Gasteiger partial charge in [-0.1, -0.05) is 66.0 Å². The van der Waals surface area contributed by atoms with Gasteiger partial charge in [-0.15, -0.1) is 0 Å². The van der Waals surface area contributed by atoms with Crippen LogP contribution in [0, 0.1) is 0 Å². The molecule has 0 aliphatic rings. The summed E-state index contributed by atoms with van der Waals surface area (Å²) in [6, 6.07) is 7.70. The Morgan fingerprint density at radius 1 is 1.15 bits per heavy atom. The van der Waals surface area contributed by atoms with Crippen LogP contribution < -0.4 is 5.32 Å². The molecule has 138 valence electrons. The predicted octanol–water partition coefficient (Wildman–Crippen LogP) is 4.64. The van der Waals surface area contributed by atoms with Crippen LogP contribution in [0.3, 0.4) is 0 Å². The van der Waals surface area contributed by atoms with Gasteiger partial charge in [-0.3, -0.25) is 4.79 Å². The quantitative estimate of drug-likeness (QED) is 0.698. The van der Waals surface area contributed by atoms with Crippen LogP contribution in [-0.4, -0.2) is 23.5 Å². The van der Waals surface area contributed by atoms with Gasteiger partial charge in [0.1, 0.15) is 0 Å². The number of benzene rings is 1. The number of ether oxygens (including phenoxy) is 1. The molecule has 0 fully saturated rings. The van der Waals surface area contributed by atoms with Crippen molar-refractivity contribution in [1.82, 2.24) is 10.3 Å². The van der Waals surface area contributed by atoms with E-state index < -0.39 is 18.5 Å². The Labute approximate surface area is 166 Å². The molecule has 0 bridgehead atoms. The summed E-state index contributed by atoms with van der Waals surface area (Å²) in [6.45, 7) is 3.45. The van der Waals surface area contributed by atoms with Crippen LogP contribution in [0.15, 0.2) is 30.5 Å². The van der Waals surface area contributed by atoms with Gasteiger partial charge in [-0.2, -0.15) is 0 Å². The molecule has 0 saturated carbocycles. The van der Waals surface area contributed by atoms with Crippen LogP contribution >= 0.6 is 34.8 Å². The van der Waals surface area contributed by atoms with Gasteiger partial charge < -0.3 is 10.1 Å². The maximum atomic E-state index is 12.0. The van der Waals surface area contributed by atoms with Gasteiger partial charge in [-0.25, -0.2) is 9.78 Å². The molecule has 0 unspecified atom stereocenters. The summed E-state index contributed by atoms with van der Waals surface area (Å²) in [5.41, 5.74) is 1.97. The molecule has 2 rings (SSSR count). The second-order valence-corrected chi connectivity index (χ2v) is 6.71. The molecule has 1 aromatic carbocycles. The summed E-state index contributed by atoms with van der Waals surface area (Å²) in [4.78, 5) is 27.8. The summed E-state index contributed by atoms with van der Waals surface area (Å²) in [7, 11) is 0. The lowest BCUT2D eigenvalue weighted by molar-refractivity contribution is -0.124. The van der Waals surface area contributed by atoms with Crippen molar-refractivity contribution in [2.75, 3.05) is 6.61 Å². The smallest absolute Gasteiger partial charge is 0.359 e. The van der Waals surface area contributed by atoms with Crippen LogP contribution in [0.4, 0.5) is 0 Å². The standard InChI is InChI=1S/C18H17Cl3N2O3/c1-3-11-4-6-12(7-5-11)10(2)23-14(24)9-26-18(25)17-16(21)15(20)13(19)8-22-17/h4-8,10H,3,9H2,1-2H3,(H,23,24)/t10-/m0/s1. The Kier molecular flexibility index (Phi) is 7.26. The number of amides is 1. The Balaban J connectivity index is 1.91. The third-order valence-electron chi connectivity index (χ3n) is 3.71. The van der Waals surface area contributed by atoms with Gasteiger partial charge in [0.2, 0.25) is 0 Å². The van der Waals surface area contributed by atoms with Crippen molar-refractivity contribution in [2.24, 2.45) is 0 Å². The predicted molar refractivity (Wildman–Crippen MR) is 102 cm³/mol. The Morgan fingerprint density at radius 3 is 2.42 bits per heavy atom. The van der Waals surface area contributed by atoms with E-state index in [1.54, 1.807) is 0 Å². The molecule has 8 heteroatoms. The minimum absolute atomic E-state index is 0.00360. The zero-order valence-electron chi connectivity index (χ0n) is 14.2. The van der Waals surface area contributed by atoms with E-state index in [2.05, 4.69) is 17.2 Å². The molecule has 1 atom stereocenters. The average molecular weight is 416 g/mol. The zero-order valence-corrected chi connectivity index (χ0v) is 16.5. The molecular formula is C18H17Cl3N2O3. The first kappa shape index (κ1) is 20.5. The first-order chi connectivity index (χ1) is 12.3. The highest BCUT2D eigenvalue weighted by Gasteiger charge is 2.20. The third kappa shape index (κ3) is 5.10. The fourth-order valence-electron chi connectivity index (χ4n) is 2.19. The molecule has 0 spiro atoms. The lowest BCUT2D eigenvalue weighted by atomic mass is 10.1. The summed E-state index contributed by atoms with van der Waals surface area (Å²) in [6.07, 6.45) is 2.14. The molecule has 0 radical (unpaired) electrons. The van der Waals surface area contributed by atoms with Crippen molar-refractivity contribution in [2.45, 2.75) is 26.3 Å². The highest BCUT2D eigenvalue weighted by molar-refractivity contribution is 6.48. The third-order valence-corrected chi connectivity index (χ3v) is 4.95. The fourth-order valence-corrected chi connectivity index (χ4v) is 2.75. The number of halogens is 3. The van der Waals surface area contributed by atoms with Gasteiger partial charge in [-0.05, 0) is 24.5 Å². The summed E-state index contributed by atoms with van der Waals surface area (Å²) in [5.74, 6) is -1.30. The van der Waals surface area contributed by atoms with E-state index in [4.69, 9.17) is 39.5 Å². The Hall–Kier alpha value is -1.82. The number of carbonyl (C=O) groups is 2. The molecule has 1 amide bonds. The number of nitrogens with one attached hydrogen (secondary N) is 1. The molecule has 5 nitrogen and oxygen atoms in total. The number of aromatic nitrogens is 1. The highest BCUT2D eigenvalue weighted by Crippen LogP contribution is 2.31. The van der Waals surface area contributed by atoms with Crippen molar-refractivity contribution in [1.29, 1.82) is 0 Å². The van der Waals surface area contributed by atoms with Crippen molar-refractivity contribution in [3.05, 3.63) is 62.4 Å². The number of aryl methyl sites for hydroxylation is 1. The molecule has 0 aliphatic heterocycles. The van der Waals surface area contributed by atoms with Crippen molar-refractivity contribution in [3.8, 4) is 0 Å². The minimum Gasteiger partial charge on any atom is -0.451 e. The molecule has 26 heavy (non-hydrogen) atoms. The number of pyridine rings is 1. The Morgan fingerprint density at radius 2 is 1.81 bits per heavy atom. The van der Waals surface area contributed by atoms with E-state index in [1.807, 2.05) is 31.2 Å².